The van der Waals surface area contributed by atoms with E-state index in [9.17, 15) is 0 Å². The summed E-state index contributed by atoms with van der Waals surface area (Å²) in [5.41, 5.74) is 7.71. The van der Waals surface area contributed by atoms with Crippen LogP contribution in [-0.4, -0.2) is 14.5 Å². The molecule has 53 heavy (non-hydrogen) atoms. The second-order valence-electron chi connectivity index (χ2n) is 13.7. The molecule has 0 amide bonds. The van der Waals surface area contributed by atoms with Gasteiger partial charge in [0.25, 0.3) is 0 Å². The number of hydrogen-bond acceptors (Lipinski definition) is 4. The lowest BCUT2D eigenvalue weighted by molar-refractivity contribution is 1.02. The third kappa shape index (κ3) is 4.15. The molecule has 5 heteroatoms. The van der Waals surface area contributed by atoms with E-state index in [4.69, 9.17) is 9.97 Å². The Kier molecular flexibility index (Phi) is 6.09. The summed E-state index contributed by atoms with van der Waals surface area (Å²) in [6.45, 7) is 0. The van der Waals surface area contributed by atoms with Gasteiger partial charge in [0.1, 0.15) is 0 Å². The smallest absolute Gasteiger partial charge is 0.235 e. The molecule has 0 aliphatic carbocycles. The van der Waals surface area contributed by atoms with Gasteiger partial charge < -0.3 is 0 Å². The molecule has 0 saturated carbocycles. The standard InChI is InChI=1S/C48H27N3S2/c1-2-14-31-28(12-1)13-11-20-32(31)29-24-26-30(27-25-29)43-47-44(37-19-7-10-23-40(37)53-47)50-48(49-43)51-38-21-8-5-17-35(38)41-33-15-3-4-16-34(33)42-36-18-6-9-22-39(36)52-46(42)45(41)51/h1-27H. The molecule has 0 aliphatic heterocycles. The molecule has 12 rings (SSSR count). The minimum absolute atomic E-state index is 0.689. The minimum atomic E-state index is 0.689. The molecular formula is C48H27N3S2. The van der Waals surface area contributed by atoms with E-state index < -0.39 is 0 Å². The van der Waals surface area contributed by atoms with Crippen LogP contribution in [0, 0.1) is 0 Å². The van der Waals surface area contributed by atoms with Crippen molar-refractivity contribution in [2.24, 2.45) is 0 Å². The van der Waals surface area contributed by atoms with E-state index >= 15 is 0 Å². The van der Waals surface area contributed by atoms with Crippen LogP contribution in [0.25, 0.3) is 112 Å². The minimum Gasteiger partial charge on any atom is -0.276 e. The van der Waals surface area contributed by atoms with Gasteiger partial charge in [-0.25, -0.2) is 9.97 Å². The van der Waals surface area contributed by atoms with E-state index in [2.05, 4.69) is 168 Å². The van der Waals surface area contributed by atoms with Crippen molar-refractivity contribution in [3.63, 3.8) is 0 Å². The van der Waals surface area contributed by atoms with Crippen LogP contribution in [0.15, 0.2) is 164 Å². The largest absolute Gasteiger partial charge is 0.276 e. The first kappa shape index (κ1) is 29.2. The number of nitrogens with zero attached hydrogens (tertiary/aromatic N) is 3. The molecule has 4 aromatic heterocycles. The Morgan fingerprint density at radius 2 is 1.00 bits per heavy atom. The van der Waals surface area contributed by atoms with Gasteiger partial charge in [-0.2, -0.15) is 0 Å². The second kappa shape index (κ2) is 11.1. The molecule has 8 aromatic carbocycles. The van der Waals surface area contributed by atoms with E-state index in [0.29, 0.717) is 5.95 Å². The van der Waals surface area contributed by atoms with Crippen LogP contribution < -0.4 is 0 Å². The van der Waals surface area contributed by atoms with Gasteiger partial charge in [0.15, 0.2) is 0 Å². The second-order valence-corrected chi connectivity index (χ2v) is 15.8. The van der Waals surface area contributed by atoms with Crippen LogP contribution in [0.5, 0.6) is 0 Å². The van der Waals surface area contributed by atoms with Crippen molar-refractivity contribution in [1.29, 1.82) is 0 Å². The highest BCUT2D eigenvalue weighted by molar-refractivity contribution is 7.27. The highest BCUT2D eigenvalue weighted by Gasteiger charge is 2.24. The Labute approximate surface area is 311 Å². The van der Waals surface area contributed by atoms with Gasteiger partial charge in [0, 0.05) is 41.9 Å². The predicted octanol–water partition coefficient (Wildman–Crippen LogP) is 13.9. The number of fused-ring (bicyclic) bond motifs is 14. The molecule has 0 N–H and O–H groups in total. The number of hydrogen-bond donors (Lipinski definition) is 0. The van der Waals surface area contributed by atoms with Crippen molar-refractivity contribution < 1.29 is 0 Å². The van der Waals surface area contributed by atoms with Crippen LogP contribution in [0.3, 0.4) is 0 Å². The Morgan fingerprint density at radius 1 is 0.415 bits per heavy atom. The van der Waals surface area contributed by atoms with Gasteiger partial charge in [-0.15, -0.1) is 22.7 Å². The maximum Gasteiger partial charge on any atom is 0.235 e. The van der Waals surface area contributed by atoms with E-state index in [-0.39, 0.29) is 0 Å². The monoisotopic (exact) mass is 709 g/mol. The summed E-state index contributed by atoms with van der Waals surface area (Å²) in [7, 11) is 0. The van der Waals surface area contributed by atoms with Gasteiger partial charge in [0.2, 0.25) is 5.95 Å². The normalized spacial score (nSPS) is 12.2. The number of benzene rings is 8. The van der Waals surface area contributed by atoms with Crippen LogP contribution in [-0.2, 0) is 0 Å². The van der Waals surface area contributed by atoms with Crippen molar-refractivity contribution >= 4 is 106 Å². The summed E-state index contributed by atoms with van der Waals surface area (Å²) in [5, 5.41) is 11.2. The van der Waals surface area contributed by atoms with Crippen molar-refractivity contribution in [2.75, 3.05) is 0 Å². The van der Waals surface area contributed by atoms with Gasteiger partial charge in [-0.05, 0) is 50.9 Å². The maximum absolute atomic E-state index is 5.57. The first-order valence-corrected chi connectivity index (χ1v) is 19.5. The van der Waals surface area contributed by atoms with Crippen LogP contribution in [0.4, 0.5) is 0 Å². The molecular weight excluding hydrogens is 683 g/mol. The lowest BCUT2D eigenvalue weighted by Gasteiger charge is -2.12. The quantitative estimate of drug-likeness (QED) is 0.183. The Balaban J connectivity index is 1.19. The third-order valence-corrected chi connectivity index (χ3v) is 13.2. The van der Waals surface area contributed by atoms with Crippen LogP contribution in [0.1, 0.15) is 0 Å². The summed E-state index contributed by atoms with van der Waals surface area (Å²) in [5.74, 6) is 0.689. The fourth-order valence-electron chi connectivity index (χ4n) is 8.49. The molecule has 246 valence electrons. The van der Waals surface area contributed by atoms with Gasteiger partial charge in [0.05, 0.1) is 31.6 Å². The lowest BCUT2D eigenvalue weighted by Crippen LogP contribution is -2.03. The van der Waals surface area contributed by atoms with Crippen molar-refractivity contribution in [3.8, 4) is 28.3 Å². The zero-order valence-electron chi connectivity index (χ0n) is 28.2. The predicted molar refractivity (Wildman–Crippen MR) is 228 cm³/mol. The van der Waals surface area contributed by atoms with Crippen molar-refractivity contribution in [1.82, 2.24) is 14.5 Å². The SMILES string of the molecule is c1ccc2c(-c3ccc(-c4nc(-n5c6ccccc6c6c7ccccc7c7c8ccccc8sc7c65)nc5c4sc4ccccc45)cc3)cccc2c1. The number of rotatable bonds is 3. The van der Waals surface area contributed by atoms with Crippen molar-refractivity contribution in [2.45, 2.75) is 0 Å². The highest BCUT2D eigenvalue weighted by atomic mass is 32.1. The number of thiophene rings is 2. The Bertz CT molecular complexity index is 3450. The first-order chi connectivity index (χ1) is 26.3. The summed E-state index contributed by atoms with van der Waals surface area (Å²) < 4.78 is 7.20. The van der Waals surface area contributed by atoms with Gasteiger partial charge in [-0.1, -0.05) is 146 Å². The lowest BCUT2D eigenvalue weighted by atomic mass is 9.97. The topological polar surface area (TPSA) is 30.7 Å². The number of para-hydroxylation sites is 1. The molecule has 0 fully saturated rings. The molecule has 0 aliphatic rings. The first-order valence-electron chi connectivity index (χ1n) is 17.8. The summed E-state index contributed by atoms with van der Waals surface area (Å²) >= 11 is 3.64. The highest BCUT2D eigenvalue weighted by Crippen LogP contribution is 2.48. The Hall–Kier alpha value is -6.40. The van der Waals surface area contributed by atoms with E-state index in [0.717, 1.165) is 37.9 Å². The van der Waals surface area contributed by atoms with Crippen LogP contribution in [0.2, 0.25) is 0 Å². The molecule has 0 bridgehead atoms. The molecule has 12 aromatic rings. The average Bonchev–Trinajstić information content (AvgIpc) is 3.91. The molecule has 0 saturated heterocycles. The van der Waals surface area contributed by atoms with Gasteiger partial charge >= 0.3 is 0 Å². The van der Waals surface area contributed by atoms with Crippen LogP contribution >= 0.6 is 22.7 Å². The van der Waals surface area contributed by atoms with E-state index in [1.54, 1.807) is 11.3 Å². The molecule has 0 spiro atoms. The maximum atomic E-state index is 5.57. The fourth-order valence-corrected chi connectivity index (χ4v) is 10.9. The van der Waals surface area contributed by atoms with E-state index in [1.807, 2.05) is 11.3 Å². The zero-order chi connectivity index (χ0) is 34.6. The summed E-state index contributed by atoms with van der Waals surface area (Å²) in [6.07, 6.45) is 0. The number of aromatic nitrogens is 3. The molecule has 0 atom stereocenters. The van der Waals surface area contributed by atoms with Gasteiger partial charge in [-0.3, -0.25) is 4.57 Å². The zero-order valence-corrected chi connectivity index (χ0v) is 29.9. The summed E-state index contributed by atoms with van der Waals surface area (Å²) in [6, 6.07) is 59.1. The van der Waals surface area contributed by atoms with Crippen molar-refractivity contribution in [3.05, 3.63) is 164 Å². The molecule has 0 radical (unpaired) electrons. The van der Waals surface area contributed by atoms with E-state index in [1.165, 1.54) is 68.3 Å². The average molecular weight is 710 g/mol. The molecule has 4 heterocycles. The fraction of sp³-hybridized carbons (Fsp3) is 0. The molecule has 3 nitrogen and oxygen atoms in total. The molecule has 0 unspecified atom stereocenters. The Morgan fingerprint density at radius 3 is 1.81 bits per heavy atom. The summed E-state index contributed by atoms with van der Waals surface area (Å²) in [4.78, 5) is 11.1. The third-order valence-electron chi connectivity index (χ3n) is 10.8.